The van der Waals surface area contributed by atoms with E-state index in [-0.39, 0.29) is 22.6 Å². The number of aliphatic hydroxyl groups is 2. The lowest BCUT2D eigenvalue weighted by Gasteiger charge is -2.35. The van der Waals surface area contributed by atoms with Crippen molar-refractivity contribution < 1.29 is 19.8 Å². The smallest absolute Gasteiger partial charge is 0.229 e. The van der Waals surface area contributed by atoms with Gasteiger partial charge in [0.15, 0.2) is 0 Å². The molecule has 10 heteroatoms. The molecular formula is C50H60N6O4. The van der Waals surface area contributed by atoms with Crippen LogP contribution in [-0.2, 0) is 9.59 Å². The van der Waals surface area contributed by atoms with Gasteiger partial charge in [-0.1, -0.05) is 151 Å². The van der Waals surface area contributed by atoms with E-state index in [4.69, 9.17) is 9.97 Å². The molecule has 2 heterocycles. The lowest BCUT2D eigenvalue weighted by molar-refractivity contribution is -0.138. The van der Waals surface area contributed by atoms with Crippen molar-refractivity contribution in [2.45, 2.75) is 93.5 Å². The molecule has 0 aliphatic rings. The largest absolute Gasteiger partial charge is 0.387 e. The van der Waals surface area contributed by atoms with Gasteiger partial charge in [-0.05, 0) is 71.9 Å². The average molecular weight is 809 g/mol. The van der Waals surface area contributed by atoms with Gasteiger partial charge < -0.3 is 30.8 Å². The standard InChI is InChI=1S/C50H60N6O4/c1-47(2,3)39(55-45(59)49(7,8)41(57)35-17-13-11-14-18-35)43-51-29-37(53-43)33-25-21-31(22-26-33)32-23-27-34(28-24-32)38-30-52-44(54-38)40(48(4,5)6)56-46(60)50(9,10)42(58)36-19-15-12-16-20-36/h11-30,39-42,57-58H,1-10H3,(H,51,53)(H,52,54)(H,55,59)(H,56,60). The summed E-state index contributed by atoms with van der Waals surface area (Å²) in [5.41, 5.74) is 4.11. The summed E-state index contributed by atoms with van der Waals surface area (Å²) in [4.78, 5) is 43.8. The van der Waals surface area contributed by atoms with Gasteiger partial charge in [-0.25, -0.2) is 9.97 Å². The average Bonchev–Trinajstić information content (AvgIpc) is 3.92. The Labute approximate surface area is 354 Å². The number of carbonyl (C=O) groups excluding carboxylic acids is 2. The minimum atomic E-state index is -1.09. The molecule has 2 aromatic heterocycles. The minimum absolute atomic E-state index is 0.265. The van der Waals surface area contributed by atoms with E-state index < -0.39 is 35.1 Å². The number of aliphatic hydroxyl groups excluding tert-OH is 2. The molecular weight excluding hydrogens is 749 g/mol. The van der Waals surface area contributed by atoms with Crippen molar-refractivity contribution in [3.63, 3.8) is 0 Å². The van der Waals surface area contributed by atoms with Crippen LogP contribution in [0.3, 0.4) is 0 Å². The molecule has 6 rings (SSSR count). The van der Waals surface area contributed by atoms with Crippen molar-refractivity contribution in [3.05, 3.63) is 144 Å². The molecule has 4 atom stereocenters. The molecule has 6 N–H and O–H groups in total. The number of H-pyrrole nitrogens is 2. The first-order valence-corrected chi connectivity index (χ1v) is 20.6. The summed E-state index contributed by atoms with van der Waals surface area (Å²) in [6.07, 6.45) is 1.62. The number of rotatable bonds is 13. The molecule has 0 saturated heterocycles. The number of hydrogen-bond donors (Lipinski definition) is 6. The highest BCUT2D eigenvalue weighted by molar-refractivity contribution is 5.84. The van der Waals surface area contributed by atoms with E-state index in [0.717, 1.165) is 33.6 Å². The third-order valence-corrected chi connectivity index (χ3v) is 11.5. The summed E-state index contributed by atoms with van der Waals surface area (Å²) in [6.45, 7) is 19.3. The van der Waals surface area contributed by atoms with Crippen LogP contribution in [0.1, 0.15) is 116 Å². The lowest BCUT2D eigenvalue weighted by Crippen LogP contribution is -2.46. The van der Waals surface area contributed by atoms with Crippen molar-refractivity contribution in [3.8, 4) is 33.6 Å². The van der Waals surface area contributed by atoms with E-state index in [1.807, 2.05) is 84.9 Å². The Bertz CT molecular complexity index is 2200. The highest BCUT2D eigenvalue weighted by Gasteiger charge is 2.42. The van der Waals surface area contributed by atoms with Crippen LogP contribution in [0, 0.1) is 21.7 Å². The van der Waals surface area contributed by atoms with Crippen LogP contribution in [0.4, 0.5) is 0 Å². The van der Waals surface area contributed by atoms with Gasteiger partial charge in [-0.15, -0.1) is 0 Å². The van der Waals surface area contributed by atoms with E-state index in [0.29, 0.717) is 22.8 Å². The SMILES string of the molecule is CC(C)(C)C(NC(=O)C(C)(C)C(O)c1ccccc1)c1ncc(-c2ccc(-c3ccc(-c4cnc(C(NC(=O)C(C)(C)C(O)c5ccccc5)C(C)(C)C)[nH]4)cc3)cc2)[nH]1. The monoisotopic (exact) mass is 808 g/mol. The van der Waals surface area contributed by atoms with Gasteiger partial charge in [-0.2, -0.15) is 0 Å². The molecule has 6 aromatic rings. The zero-order valence-corrected chi connectivity index (χ0v) is 36.5. The van der Waals surface area contributed by atoms with Crippen LogP contribution in [0.25, 0.3) is 33.6 Å². The molecule has 0 fully saturated rings. The van der Waals surface area contributed by atoms with Crippen molar-refractivity contribution in [2.75, 3.05) is 0 Å². The molecule has 10 nitrogen and oxygen atoms in total. The second-order valence-electron chi connectivity index (χ2n) is 19.1. The summed E-state index contributed by atoms with van der Waals surface area (Å²) in [7, 11) is 0. The molecule has 0 radical (unpaired) electrons. The quantitative estimate of drug-likeness (QED) is 0.0682. The lowest BCUT2D eigenvalue weighted by atomic mass is 9.80. The van der Waals surface area contributed by atoms with Gasteiger partial charge in [0, 0.05) is 0 Å². The van der Waals surface area contributed by atoms with Crippen molar-refractivity contribution in [2.24, 2.45) is 21.7 Å². The van der Waals surface area contributed by atoms with Crippen LogP contribution in [-0.4, -0.2) is 42.0 Å². The zero-order valence-electron chi connectivity index (χ0n) is 36.5. The number of imidazole rings is 2. The van der Waals surface area contributed by atoms with E-state index in [1.165, 1.54) is 0 Å². The number of carbonyl (C=O) groups is 2. The van der Waals surface area contributed by atoms with Gasteiger partial charge in [0.2, 0.25) is 11.8 Å². The molecule has 2 amide bonds. The number of hydrogen-bond acceptors (Lipinski definition) is 6. The van der Waals surface area contributed by atoms with Gasteiger partial charge in [0.25, 0.3) is 0 Å². The fourth-order valence-electron chi connectivity index (χ4n) is 7.32. The summed E-state index contributed by atoms with van der Waals surface area (Å²) in [5.74, 6) is 0.746. The Morgan fingerprint density at radius 3 is 1.08 bits per heavy atom. The highest BCUT2D eigenvalue weighted by atomic mass is 16.3. The second-order valence-corrected chi connectivity index (χ2v) is 19.1. The van der Waals surface area contributed by atoms with Crippen LogP contribution in [0.15, 0.2) is 122 Å². The van der Waals surface area contributed by atoms with Gasteiger partial charge in [-0.3, -0.25) is 9.59 Å². The third kappa shape index (κ3) is 9.46. The first-order chi connectivity index (χ1) is 28.2. The Morgan fingerprint density at radius 2 is 0.783 bits per heavy atom. The summed E-state index contributed by atoms with van der Waals surface area (Å²) >= 11 is 0. The molecule has 0 spiro atoms. The number of aromatic nitrogens is 4. The Morgan fingerprint density at radius 1 is 0.483 bits per heavy atom. The van der Waals surface area contributed by atoms with E-state index in [9.17, 15) is 19.8 Å². The van der Waals surface area contributed by atoms with Gasteiger partial charge in [0.1, 0.15) is 11.6 Å². The van der Waals surface area contributed by atoms with E-state index in [2.05, 4.69) is 86.4 Å². The second kappa shape index (κ2) is 17.0. The number of nitrogens with zero attached hydrogens (tertiary/aromatic N) is 2. The number of benzene rings is 4. The normalized spacial score (nSPS) is 14.5. The predicted octanol–water partition coefficient (Wildman–Crippen LogP) is 10.1. The fraction of sp³-hybridized carbons (Fsp3) is 0.360. The first-order valence-electron chi connectivity index (χ1n) is 20.6. The Balaban J connectivity index is 1.13. The molecule has 4 unspecified atom stereocenters. The van der Waals surface area contributed by atoms with Crippen molar-refractivity contribution in [1.82, 2.24) is 30.6 Å². The highest BCUT2D eigenvalue weighted by Crippen LogP contribution is 2.40. The number of nitrogens with one attached hydrogen (secondary N) is 4. The van der Waals surface area contributed by atoms with Gasteiger partial charge >= 0.3 is 0 Å². The molecule has 4 aromatic carbocycles. The van der Waals surface area contributed by atoms with Gasteiger partial charge in [0.05, 0.1) is 58.9 Å². The molecule has 0 aliphatic heterocycles. The Kier molecular flexibility index (Phi) is 12.4. The summed E-state index contributed by atoms with van der Waals surface area (Å²) in [5, 5.41) is 28.7. The van der Waals surface area contributed by atoms with E-state index in [1.54, 1.807) is 40.1 Å². The topological polar surface area (TPSA) is 156 Å². The molecule has 0 aliphatic carbocycles. The molecule has 0 saturated carbocycles. The Hall–Kier alpha value is -5.84. The van der Waals surface area contributed by atoms with Crippen LogP contribution < -0.4 is 10.6 Å². The minimum Gasteiger partial charge on any atom is -0.387 e. The van der Waals surface area contributed by atoms with Crippen LogP contribution >= 0.6 is 0 Å². The van der Waals surface area contributed by atoms with Crippen LogP contribution in [0.2, 0.25) is 0 Å². The first kappa shape index (κ1) is 43.7. The summed E-state index contributed by atoms with van der Waals surface area (Å²) < 4.78 is 0. The van der Waals surface area contributed by atoms with Crippen LogP contribution in [0.5, 0.6) is 0 Å². The maximum Gasteiger partial charge on any atom is 0.229 e. The number of aromatic amines is 2. The molecule has 0 bridgehead atoms. The third-order valence-electron chi connectivity index (χ3n) is 11.5. The molecule has 60 heavy (non-hydrogen) atoms. The fourth-order valence-corrected chi connectivity index (χ4v) is 7.32. The van der Waals surface area contributed by atoms with Crippen molar-refractivity contribution in [1.29, 1.82) is 0 Å². The number of amides is 2. The maximum atomic E-state index is 13.7. The zero-order chi connectivity index (χ0) is 43.6. The molecule has 314 valence electrons. The van der Waals surface area contributed by atoms with Crippen molar-refractivity contribution >= 4 is 11.8 Å². The summed E-state index contributed by atoms with van der Waals surface area (Å²) in [6, 6.07) is 34.1. The van der Waals surface area contributed by atoms with E-state index >= 15 is 0 Å². The maximum absolute atomic E-state index is 13.7. The predicted molar refractivity (Wildman–Crippen MR) is 238 cm³/mol.